The van der Waals surface area contributed by atoms with Gasteiger partial charge in [-0.05, 0) is 63.7 Å². The molecule has 2 atom stereocenters. The fourth-order valence-corrected chi connectivity index (χ4v) is 6.76. The smallest absolute Gasteiger partial charge is 0.227 e. The van der Waals surface area contributed by atoms with Crippen LogP contribution in [0.25, 0.3) is 0 Å². The maximum Gasteiger partial charge on any atom is 0.227 e. The number of anilines is 3. The Morgan fingerprint density at radius 1 is 0.971 bits per heavy atom. The molecule has 4 heterocycles. The van der Waals surface area contributed by atoms with Crippen molar-refractivity contribution in [3.63, 3.8) is 0 Å². The summed E-state index contributed by atoms with van der Waals surface area (Å²) in [6.07, 6.45) is 17.3. The number of likely N-dealkylation sites (tertiary alicyclic amines) is 1. The maximum absolute atomic E-state index is 11.4. The Hall–Kier alpha value is -2.64. The molecule has 2 unspecified atom stereocenters. The molecule has 182 valence electrons. The van der Waals surface area contributed by atoms with Gasteiger partial charge in [0.2, 0.25) is 18.3 Å². The van der Waals surface area contributed by atoms with Gasteiger partial charge < -0.3 is 20.1 Å². The number of nitrogens with zero attached hydrogens (tertiary/aromatic N) is 5. The van der Waals surface area contributed by atoms with Crippen molar-refractivity contribution in [2.45, 2.75) is 89.0 Å². The van der Waals surface area contributed by atoms with Crippen LogP contribution in [-0.2, 0) is 17.6 Å². The molecule has 2 N–H and O–H groups in total. The van der Waals surface area contributed by atoms with E-state index in [1.807, 2.05) is 11.1 Å². The largest absolute Gasteiger partial charge is 0.345 e. The SMILES string of the molecule is O=CN1CCCC(C2CCCN2c2nc3c(c(Nc4ncc(C5CCCCC5)[nH]4)n2)CCC3)C1. The number of rotatable bonds is 6. The van der Waals surface area contributed by atoms with Crippen molar-refractivity contribution in [3.8, 4) is 0 Å². The number of hydrogen-bond acceptors (Lipinski definition) is 6. The monoisotopic (exact) mass is 463 g/mol. The van der Waals surface area contributed by atoms with E-state index in [9.17, 15) is 4.79 Å². The Morgan fingerprint density at radius 3 is 2.74 bits per heavy atom. The van der Waals surface area contributed by atoms with Gasteiger partial charge in [0.15, 0.2) is 0 Å². The quantitative estimate of drug-likeness (QED) is 0.620. The number of aryl methyl sites for hydroxylation is 1. The molecule has 2 aromatic rings. The number of piperidine rings is 1. The lowest BCUT2D eigenvalue weighted by atomic mass is 9.87. The summed E-state index contributed by atoms with van der Waals surface area (Å²) in [5.74, 6) is 3.68. The van der Waals surface area contributed by atoms with Gasteiger partial charge in [-0.25, -0.2) is 9.97 Å². The molecule has 0 bridgehead atoms. The summed E-state index contributed by atoms with van der Waals surface area (Å²) in [5.41, 5.74) is 3.69. The number of amides is 1. The number of nitrogens with one attached hydrogen (secondary N) is 2. The molecule has 2 aliphatic carbocycles. The molecule has 0 radical (unpaired) electrons. The second-order valence-corrected chi connectivity index (χ2v) is 10.7. The van der Waals surface area contributed by atoms with Gasteiger partial charge >= 0.3 is 0 Å². The van der Waals surface area contributed by atoms with Crippen LogP contribution >= 0.6 is 0 Å². The van der Waals surface area contributed by atoms with Gasteiger partial charge in [-0.2, -0.15) is 4.98 Å². The molecule has 3 fully saturated rings. The molecule has 6 rings (SSSR count). The Morgan fingerprint density at radius 2 is 1.85 bits per heavy atom. The Balaban J connectivity index is 1.24. The van der Waals surface area contributed by atoms with Crippen LogP contribution in [0.4, 0.5) is 17.7 Å². The van der Waals surface area contributed by atoms with E-state index in [-0.39, 0.29) is 0 Å². The standard InChI is InChI=1S/C26H37N7O/c34-17-32-13-5-9-19(16-32)23-12-6-14-33(23)26-29-21-11-4-10-20(21)24(31-26)30-25-27-15-22(28-25)18-7-2-1-3-8-18/h15,17-19,23H,1-14,16H2,(H2,27,28,29,30,31). The van der Waals surface area contributed by atoms with Crippen molar-refractivity contribution in [1.82, 2.24) is 24.8 Å². The first-order valence-corrected chi connectivity index (χ1v) is 13.5. The van der Waals surface area contributed by atoms with Crippen LogP contribution in [0.3, 0.4) is 0 Å². The zero-order valence-electron chi connectivity index (χ0n) is 20.1. The summed E-state index contributed by atoms with van der Waals surface area (Å²) in [6.45, 7) is 2.74. The van der Waals surface area contributed by atoms with Gasteiger partial charge in [0, 0.05) is 42.9 Å². The number of carbonyl (C=O) groups excluding carboxylic acids is 1. The highest BCUT2D eigenvalue weighted by molar-refractivity contribution is 5.59. The third kappa shape index (κ3) is 4.27. The first kappa shape index (κ1) is 21.9. The van der Waals surface area contributed by atoms with Crippen LogP contribution in [-0.4, -0.2) is 56.9 Å². The van der Waals surface area contributed by atoms with Crippen molar-refractivity contribution in [2.75, 3.05) is 29.9 Å². The third-order valence-electron chi connectivity index (χ3n) is 8.54. The zero-order chi connectivity index (χ0) is 22.9. The number of fused-ring (bicyclic) bond motifs is 1. The van der Waals surface area contributed by atoms with Gasteiger partial charge in [0.1, 0.15) is 5.82 Å². The van der Waals surface area contributed by atoms with E-state index in [2.05, 4.69) is 20.2 Å². The lowest BCUT2D eigenvalue weighted by Crippen LogP contribution is -2.45. The van der Waals surface area contributed by atoms with Crippen LogP contribution in [0, 0.1) is 5.92 Å². The lowest BCUT2D eigenvalue weighted by Gasteiger charge is -2.37. The fourth-order valence-electron chi connectivity index (χ4n) is 6.76. The van der Waals surface area contributed by atoms with E-state index in [4.69, 9.17) is 9.97 Å². The highest BCUT2D eigenvalue weighted by Crippen LogP contribution is 2.36. The number of aromatic amines is 1. The van der Waals surface area contributed by atoms with Crippen molar-refractivity contribution < 1.29 is 4.79 Å². The van der Waals surface area contributed by atoms with Gasteiger partial charge in [0.25, 0.3) is 0 Å². The summed E-state index contributed by atoms with van der Waals surface area (Å²) in [6, 6.07) is 0.413. The highest BCUT2D eigenvalue weighted by atomic mass is 16.1. The number of imidazole rings is 1. The van der Waals surface area contributed by atoms with E-state index in [0.717, 1.165) is 82.3 Å². The molecule has 0 spiro atoms. The second kappa shape index (κ2) is 9.55. The van der Waals surface area contributed by atoms with Gasteiger partial charge in [-0.15, -0.1) is 0 Å². The van der Waals surface area contributed by atoms with E-state index >= 15 is 0 Å². The second-order valence-electron chi connectivity index (χ2n) is 10.7. The first-order chi connectivity index (χ1) is 16.8. The highest BCUT2D eigenvalue weighted by Gasteiger charge is 2.36. The van der Waals surface area contributed by atoms with Crippen molar-refractivity contribution in [2.24, 2.45) is 5.92 Å². The molecule has 1 amide bonds. The molecule has 2 aromatic heterocycles. The molecule has 8 heteroatoms. The number of carbonyl (C=O) groups is 1. The van der Waals surface area contributed by atoms with Crippen LogP contribution in [0.1, 0.15) is 87.1 Å². The van der Waals surface area contributed by atoms with Crippen LogP contribution in [0.15, 0.2) is 6.20 Å². The summed E-state index contributed by atoms with van der Waals surface area (Å²) >= 11 is 0. The summed E-state index contributed by atoms with van der Waals surface area (Å²) in [4.78, 5) is 34.1. The lowest BCUT2D eigenvalue weighted by molar-refractivity contribution is -0.119. The molecular weight excluding hydrogens is 426 g/mol. The minimum atomic E-state index is 0.413. The Bertz CT molecular complexity index is 1010. The average molecular weight is 464 g/mol. The molecule has 0 aromatic carbocycles. The first-order valence-electron chi connectivity index (χ1n) is 13.5. The van der Waals surface area contributed by atoms with Crippen molar-refractivity contribution in [3.05, 3.63) is 23.1 Å². The van der Waals surface area contributed by atoms with Crippen molar-refractivity contribution in [1.29, 1.82) is 0 Å². The number of aromatic nitrogens is 4. The Kier molecular flexibility index (Phi) is 6.14. The minimum absolute atomic E-state index is 0.413. The molecular formula is C26H37N7O. The summed E-state index contributed by atoms with van der Waals surface area (Å²) < 4.78 is 0. The van der Waals surface area contributed by atoms with Crippen LogP contribution in [0.5, 0.6) is 0 Å². The predicted molar refractivity (Wildman–Crippen MR) is 132 cm³/mol. The molecule has 2 saturated heterocycles. The molecule has 4 aliphatic rings. The van der Waals surface area contributed by atoms with E-state index in [1.54, 1.807) is 0 Å². The van der Waals surface area contributed by atoms with Gasteiger partial charge in [-0.3, -0.25) is 4.79 Å². The summed E-state index contributed by atoms with van der Waals surface area (Å²) in [5, 5.41) is 3.54. The van der Waals surface area contributed by atoms with E-state index in [1.165, 1.54) is 55.5 Å². The number of hydrogen-bond donors (Lipinski definition) is 2. The fraction of sp³-hybridized carbons (Fsp3) is 0.692. The van der Waals surface area contributed by atoms with Crippen LogP contribution < -0.4 is 10.2 Å². The summed E-state index contributed by atoms with van der Waals surface area (Å²) in [7, 11) is 0. The van der Waals surface area contributed by atoms with E-state index in [0.29, 0.717) is 17.9 Å². The van der Waals surface area contributed by atoms with Gasteiger partial charge in [-0.1, -0.05) is 19.3 Å². The predicted octanol–water partition coefficient (Wildman–Crippen LogP) is 4.32. The topological polar surface area (TPSA) is 90.0 Å². The Labute approximate surface area is 201 Å². The molecule has 1 saturated carbocycles. The number of H-pyrrole nitrogens is 1. The van der Waals surface area contributed by atoms with Crippen molar-refractivity contribution >= 4 is 24.1 Å². The third-order valence-corrected chi connectivity index (χ3v) is 8.54. The van der Waals surface area contributed by atoms with E-state index < -0.39 is 0 Å². The maximum atomic E-state index is 11.4. The minimum Gasteiger partial charge on any atom is -0.345 e. The molecule has 2 aliphatic heterocycles. The zero-order valence-corrected chi connectivity index (χ0v) is 20.1. The normalized spacial score (nSPS) is 25.5. The van der Waals surface area contributed by atoms with Gasteiger partial charge in [0.05, 0.1) is 11.9 Å². The molecule has 34 heavy (non-hydrogen) atoms. The molecule has 8 nitrogen and oxygen atoms in total. The van der Waals surface area contributed by atoms with Crippen LogP contribution in [0.2, 0.25) is 0 Å². The average Bonchev–Trinajstić information content (AvgIpc) is 3.65.